The highest BCUT2D eigenvalue weighted by molar-refractivity contribution is 9.10. The van der Waals surface area contributed by atoms with Gasteiger partial charge in [0.15, 0.2) is 0 Å². The molecule has 0 bridgehead atoms. The third kappa shape index (κ3) is 2.29. The summed E-state index contributed by atoms with van der Waals surface area (Å²) in [6.45, 7) is 0. The summed E-state index contributed by atoms with van der Waals surface area (Å²) in [5.74, 6) is 0.863. The van der Waals surface area contributed by atoms with Crippen molar-refractivity contribution < 1.29 is 0 Å². The van der Waals surface area contributed by atoms with Crippen LogP contribution in [-0.2, 0) is 0 Å². The fourth-order valence-corrected chi connectivity index (χ4v) is 2.02. The van der Waals surface area contributed by atoms with Gasteiger partial charge in [-0.15, -0.1) is 0 Å². The largest absolute Gasteiger partial charge is 0.324 e. The molecule has 3 heteroatoms. The molecule has 70 valence electrons. The maximum atomic E-state index is 6.07. The fourth-order valence-electron chi connectivity index (χ4n) is 1.50. The van der Waals surface area contributed by atoms with E-state index in [4.69, 9.17) is 5.73 Å². The normalized spacial score (nSPS) is 18.6. The molecule has 1 heterocycles. The smallest absolute Gasteiger partial charge is 0.0326 e. The van der Waals surface area contributed by atoms with E-state index in [0.29, 0.717) is 0 Å². The first-order valence-corrected chi connectivity index (χ1v) is 5.41. The maximum absolute atomic E-state index is 6.07. The van der Waals surface area contributed by atoms with Crippen LogP contribution in [0.4, 0.5) is 0 Å². The third-order valence-corrected chi connectivity index (χ3v) is 3.20. The SMILES string of the molecule is N[C@H](CC1CC1)c1cnccc1Br. The summed E-state index contributed by atoms with van der Waals surface area (Å²) in [4.78, 5) is 4.08. The maximum Gasteiger partial charge on any atom is 0.0326 e. The molecule has 1 saturated carbocycles. The van der Waals surface area contributed by atoms with Crippen LogP contribution < -0.4 is 5.73 Å². The van der Waals surface area contributed by atoms with E-state index in [1.807, 2.05) is 12.3 Å². The number of nitrogens with two attached hydrogens (primary N) is 1. The molecule has 2 nitrogen and oxygen atoms in total. The van der Waals surface area contributed by atoms with Crippen molar-refractivity contribution >= 4 is 15.9 Å². The van der Waals surface area contributed by atoms with E-state index >= 15 is 0 Å². The highest BCUT2D eigenvalue weighted by Gasteiger charge is 2.25. The Morgan fingerprint density at radius 2 is 2.38 bits per heavy atom. The zero-order chi connectivity index (χ0) is 9.26. The van der Waals surface area contributed by atoms with Gasteiger partial charge in [-0.25, -0.2) is 0 Å². The lowest BCUT2D eigenvalue weighted by Gasteiger charge is -2.12. The summed E-state index contributed by atoms with van der Waals surface area (Å²) >= 11 is 3.49. The topological polar surface area (TPSA) is 38.9 Å². The molecule has 2 N–H and O–H groups in total. The monoisotopic (exact) mass is 240 g/mol. The zero-order valence-corrected chi connectivity index (χ0v) is 9.00. The van der Waals surface area contributed by atoms with Gasteiger partial charge in [0.25, 0.3) is 0 Å². The van der Waals surface area contributed by atoms with E-state index in [1.54, 1.807) is 6.20 Å². The molecule has 0 aromatic carbocycles. The molecule has 0 aliphatic heterocycles. The van der Waals surface area contributed by atoms with E-state index < -0.39 is 0 Å². The van der Waals surface area contributed by atoms with Gasteiger partial charge in [0, 0.05) is 28.5 Å². The lowest BCUT2D eigenvalue weighted by Crippen LogP contribution is -2.11. The summed E-state index contributed by atoms with van der Waals surface area (Å²) in [5.41, 5.74) is 7.20. The van der Waals surface area contributed by atoms with Gasteiger partial charge in [0.05, 0.1) is 0 Å². The molecule has 1 atom stereocenters. The van der Waals surface area contributed by atoms with Crippen molar-refractivity contribution in [2.75, 3.05) is 0 Å². The molecular weight excluding hydrogens is 228 g/mol. The van der Waals surface area contributed by atoms with Crippen molar-refractivity contribution in [3.05, 3.63) is 28.5 Å². The molecule has 1 aromatic heterocycles. The standard InChI is InChI=1S/C10H13BrN2/c11-9-3-4-13-6-8(9)10(12)5-7-1-2-7/h3-4,6-7,10H,1-2,5,12H2/t10-/m1/s1. The van der Waals surface area contributed by atoms with Crippen molar-refractivity contribution in [1.82, 2.24) is 4.98 Å². The van der Waals surface area contributed by atoms with Gasteiger partial charge in [-0.05, 0) is 18.4 Å². The average molecular weight is 241 g/mol. The Kier molecular flexibility index (Phi) is 2.65. The minimum atomic E-state index is 0.149. The molecular formula is C10H13BrN2. The summed E-state index contributed by atoms with van der Waals surface area (Å²) in [5, 5.41) is 0. The fraction of sp³-hybridized carbons (Fsp3) is 0.500. The zero-order valence-electron chi connectivity index (χ0n) is 7.41. The number of rotatable bonds is 3. The van der Waals surface area contributed by atoms with E-state index in [0.717, 1.165) is 22.4 Å². The van der Waals surface area contributed by atoms with Crippen molar-refractivity contribution in [2.24, 2.45) is 11.7 Å². The summed E-state index contributed by atoms with van der Waals surface area (Å²) < 4.78 is 1.08. The Bertz CT molecular complexity index is 297. The lowest BCUT2D eigenvalue weighted by atomic mass is 10.0. The van der Waals surface area contributed by atoms with Crippen LogP contribution >= 0.6 is 15.9 Å². The van der Waals surface area contributed by atoms with Crippen LogP contribution in [0.5, 0.6) is 0 Å². The van der Waals surface area contributed by atoms with Gasteiger partial charge < -0.3 is 5.73 Å². The predicted octanol–water partition coefficient (Wildman–Crippen LogP) is 2.64. The van der Waals surface area contributed by atoms with Crippen LogP contribution in [0.25, 0.3) is 0 Å². The molecule has 1 aliphatic rings. The van der Waals surface area contributed by atoms with Gasteiger partial charge in [0.2, 0.25) is 0 Å². The minimum absolute atomic E-state index is 0.149. The van der Waals surface area contributed by atoms with Gasteiger partial charge in [-0.1, -0.05) is 28.8 Å². The summed E-state index contributed by atoms with van der Waals surface area (Å²) in [6, 6.07) is 2.10. The quantitative estimate of drug-likeness (QED) is 0.883. The summed E-state index contributed by atoms with van der Waals surface area (Å²) in [6.07, 6.45) is 7.44. The number of nitrogens with zero attached hydrogens (tertiary/aromatic N) is 1. The van der Waals surface area contributed by atoms with Gasteiger partial charge in [-0.2, -0.15) is 0 Å². The van der Waals surface area contributed by atoms with E-state index in [-0.39, 0.29) is 6.04 Å². The van der Waals surface area contributed by atoms with Crippen LogP contribution in [-0.4, -0.2) is 4.98 Å². The van der Waals surface area contributed by atoms with Crippen LogP contribution in [0, 0.1) is 5.92 Å². The number of hydrogen-bond donors (Lipinski definition) is 1. The Balaban J connectivity index is 2.09. The Morgan fingerprint density at radius 3 is 3.00 bits per heavy atom. The number of hydrogen-bond acceptors (Lipinski definition) is 2. The van der Waals surface area contributed by atoms with Crippen molar-refractivity contribution in [2.45, 2.75) is 25.3 Å². The Labute approximate surface area is 86.7 Å². The third-order valence-electron chi connectivity index (χ3n) is 2.48. The predicted molar refractivity (Wildman–Crippen MR) is 56.2 cm³/mol. The lowest BCUT2D eigenvalue weighted by molar-refractivity contribution is 0.593. The molecule has 2 rings (SSSR count). The van der Waals surface area contributed by atoms with Gasteiger partial charge in [0.1, 0.15) is 0 Å². The molecule has 0 radical (unpaired) electrons. The Hall–Kier alpha value is -0.410. The minimum Gasteiger partial charge on any atom is -0.324 e. The second kappa shape index (κ2) is 3.76. The van der Waals surface area contributed by atoms with Crippen molar-refractivity contribution in [1.29, 1.82) is 0 Å². The second-order valence-electron chi connectivity index (χ2n) is 3.68. The molecule has 0 saturated heterocycles. The molecule has 1 aliphatic carbocycles. The van der Waals surface area contributed by atoms with Crippen molar-refractivity contribution in [3.63, 3.8) is 0 Å². The van der Waals surface area contributed by atoms with Crippen molar-refractivity contribution in [3.8, 4) is 0 Å². The average Bonchev–Trinajstić information content (AvgIpc) is 2.89. The van der Waals surface area contributed by atoms with Crippen LogP contribution in [0.15, 0.2) is 22.9 Å². The molecule has 0 spiro atoms. The molecule has 1 aromatic rings. The van der Waals surface area contributed by atoms with Crippen LogP contribution in [0.2, 0.25) is 0 Å². The summed E-state index contributed by atoms with van der Waals surface area (Å²) in [7, 11) is 0. The van der Waals surface area contributed by atoms with Gasteiger partial charge >= 0.3 is 0 Å². The number of pyridine rings is 1. The molecule has 0 amide bonds. The first-order valence-electron chi connectivity index (χ1n) is 4.62. The number of halogens is 1. The second-order valence-corrected chi connectivity index (χ2v) is 4.54. The van der Waals surface area contributed by atoms with E-state index in [2.05, 4.69) is 20.9 Å². The highest BCUT2D eigenvalue weighted by Crippen LogP contribution is 2.37. The molecule has 13 heavy (non-hydrogen) atoms. The van der Waals surface area contributed by atoms with Crippen LogP contribution in [0.1, 0.15) is 30.9 Å². The number of aromatic nitrogens is 1. The Morgan fingerprint density at radius 1 is 1.62 bits per heavy atom. The first-order chi connectivity index (χ1) is 6.27. The molecule has 1 fully saturated rings. The van der Waals surface area contributed by atoms with Gasteiger partial charge in [-0.3, -0.25) is 4.98 Å². The highest BCUT2D eigenvalue weighted by atomic mass is 79.9. The first kappa shape index (κ1) is 9.16. The molecule has 0 unspecified atom stereocenters. The van der Waals surface area contributed by atoms with E-state index in [1.165, 1.54) is 12.8 Å². The van der Waals surface area contributed by atoms with E-state index in [9.17, 15) is 0 Å². The van der Waals surface area contributed by atoms with Crippen LogP contribution in [0.3, 0.4) is 0 Å².